The van der Waals surface area contributed by atoms with Crippen LogP contribution >= 0.6 is 0 Å². The number of sulfone groups is 1. The lowest BCUT2D eigenvalue weighted by molar-refractivity contribution is -0.0387. The van der Waals surface area contributed by atoms with Gasteiger partial charge in [-0.15, -0.1) is 0 Å². The first-order chi connectivity index (χ1) is 11.4. The summed E-state index contributed by atoms with van der Waals surface area (Å²) in [7, 11) is -3.27. The Morgan fingerprint density at radius 3 is 2.38 bits per heavy atom. The summed E-state index contributed by atoms with van der Waals surface area (Å²) in [6, 6.07) is 6.45. The van der Waals surface area contributed by atoms with Crippen molar-refractivity contribution in [1.82, 2.24) is 4.90 Å². The molecule has 5 nitrogen and oxygen atoms in total. The van der Waals surface area contributed by atoms with Gasteiger partial charge in [-0.1, -0.05) is 12.8 Å². The largest absolute Gasteiger partial charge is 0.375 e. The number of rotatable bonds is 3. The Balaban J connectivity index is 1.78. The fourth-order valence-electron chi connectivity index (χ4n) is 3.53. The van der Waals surface area contributed by atoms with Gasteiger partial charge in [0.1, 0.15) is 0 Å². The Morgan fingerprint density at radius 1 is 1.12 bits per heavy atom. The molecule has 1 aliphatic carbocycles. The van der Waals surface area contributed by atoms with E-state index in [9.17, 15) is 13.2 Å². The summed E-state index contributed by atoms with van der Waals surface area (Å²) in [5.41, 5.74) is 0.529. The molecule has 0 radical (unpaired) electrons. The predicted octanol–water partition coefficient (Wildman–Crippen LogP) is 2.65. The molecule has 0 spiro atoms. The van der Waals surface area contributed by atoms with Crippen LogP contribution < -0.4 is 0 Å². The molecule has 2 aliphatic rings. The van der Waals surface area contributed by atoms with Gasteiger partial charge in [0.25, 0.3) is 5.91 Å². The Hall–Kier alpha value is -1.40. The highest BCUT2D eigenvalue weighted by atomic mass is 32.2. The van der Waals surface area contributed by atoms with Crippen LogP contribution in [0.15, 0.2) is 29.2 Å². The molecule has 132 valence electrons. The van der Waals surface area contributed by atoms with Gasteiger partial charge in [0.15, 0.2) is 9.84 Å². The number of carbonyl (C=O) groups is 1. The van der Waals surface area contributed by atoms with Crippen molar-refractivity contribution in [2.24, 2.45) is 0 Å². The lowest BCUT2D eigenvalue weighted by atomic mass is 10.1. The molecular weight excluding hydrogens is 326 g/mol. The summed E-state index contributed by atoms with van der Waals surface area (Å²) in [6.45, 7) is 5.00. The van der Waals surface area contributed by atoms with Crippen molar-refractivity contribution >= 4 is 15.7 Å². The van der Waals surface area contributed by atoms with E-state index in [2.05, 4.69) is 0 Å². The van der Waals surface area contributed by atoms with Crippen molar-refractivity contribution in [3.8, 4) is 0 Å². The van der Waals surface area contributed by atoms with Gasteiger partial charge < -0.3 is 9.64 Å². The SMILES string of the molecule is CC1CN(C(=O)c2ccc(S(=O)(=O)C3CCCC3)cc2)C(C)CO1. The molecule has 3 rings (SSSR count). The van der Waals surface area contributed by atoms with Gasteiger partial charge in [-0.05, 0) is 51.0 Å². The number of morpholine rings is 1. The topological polar surface area (TPSA) is 63.7 Å². The van der Waals surface area contributed by atoms with Crippen molar-refractivity contribution in [2.45, 2.75) is 61.8 Å². The molecule has 1 saturated heterocycles. The van der Waals surface area contributed by atoms with Gasteiger partial charge in [-0.3, -0.25) is 4.79 Å². The van der Waals surface area contributed by atoms with Crippen molar-refractivity contribution in [2.75, 3.05) is 13.2 Å². The monoisotopic (exact) mass is 351 g/mol. The maximum atomic E-state index is 12.7. The fraction of sp³-hybridized carbons (Fsp3) is 0.611. The van der Waals surface area contributed by atoms with Gasteiger partial charge in [-0.2, -0.15) is 0 Å². The lowest BCUT2D eigenvalue weighted by Crippen LogP contribution is -2.50. The molecule has 0 bridgehead atoms. The smallest absolute Gasteiger partial charge is 0.254 e. The Morgan fingerprint density at radius 2 is 1.75 bits per heavy atom. The van der Waals surface area contributed by atoms with Crippen molar-refractivity contribution in [3.63, 3.8) is 0 Å². The van der Waals surface area contributed by atoms with E-state index in [0.29, 0.717) is 23.6 Å². The minimum atomic E-state index is -3.27. The van der Waals surface area contributed by atoms with E-state index in [1.54, 1.807) is 29.2 Å². The Kier molecular flexibility index (Phi) is 4.97. The number of nitrogens with zero attached hydrogens (tertiary/aromatic N) is 1. The maximum Gasteiger partial charge on any atom is 0.254 e. The molecule has 1 saturated carbocycles. The van der Waals surface area contributed by atoms with Crippen molar-refractivity contribution < 1.29 is 17.9 Å². The van der Waals surface area contributed by atoms with E-state index in [0.717, 1.165) is 25.7 Å². The minimum absolute atomic E-state index is 0.0205. The normalized spacial score (nSPS) is 25.8. The quantitative estimate of drug-likeness (QED) is 0.840. The van der Waals surface area contributed by atoms with Crippen LogP contribution in [-0.2, 0) is 14.6 Å². The van der Waals surface area contributed by atoms with Crippen LogP contribution in [0.25, 0.3) is 0 Å². The molecule has 1 aromatic rings. The van der Waals surface area contributed by atoms with E-state index in [-0.39, 0.29) is 23.3 Å². The Bertz CT molecular complexity index is 692. The second kappa shape index (κ2) is 6.84. The first kappa shape index (κ1) is 17.4. The third-order valence-electron chi connectivity index (χ3n) is 5.04. The Labute approximate surface area is 143 Å². The fourth-order valence-corrected chi connectivity index (χ4v) is 5.38. The number of amides is 1. The van der Waals surface area contributed by atoms with Crippen molar-refractivity contribution in [1.29, 1.82) is 0 Å². The third-order valence-corrected chi connectivity index (χ3v) is 7.32. The first-order valence-corrected chi connectivity index (χ1v) is 10.2. The first-order valence-electron chi connectivity index (χ1n) is 8.66. The van der Waals surface area contributed by atoms with E-state index < -0.39 is 9.84 Å². The molecule has 24 heavy (non-hydrogen) atoms. The van der Waals surface area contributed by atoms with Crippen LogP contribution in [0.3, 0.4) is 0 Å². The molecular formula is C18H25NO4S. The zero-order valence-electron chi connectivity index (χ0n) is 14.3. The molecule has 2 fully saturated rings. The minimum Gasteiger partial charge on any atom is -0.375 e. The van der Waals surface area contributed by atoms with E-state index in [1.165, 1.54) is 0 Å². The van der Waals surface area contributed by atoms with Crippen LogP contribution in [0.2, 0.25) is 0 Å². The van der Waals surface area contributed by atoms with Gasteiger partial charge in [0.05, 0.1) is 28.9 Å². The molecule has 0 N–H and O–H groups in total. The van der Waals surface area contributed by atoms with Crippen LogP contribution in [-0.4, -0.2) is 49.8 Å². The molecule has 1 aliphatic heterocycles. The van der Waals surface area contributed by atoms with Crippen LogP contribution in [0.5, 0.6) is 0 Å². The summed E-state index contributed by atoms with van der Waals surface area (Å²) < 4.78 is 30.8. The highest BCUT2D eigenvalue weighted by Gasteiger charge is 2.31. The molecule has 2 atom stereocenters. The van der Waals surface area contributed by atoms with E-state index >= 15 is 0 Å². The molecule has 1 aromatic carbocycles. The highest BCUT2D eigenvalue weighted by molar-refractivity contribution is 7.92. The third kappa shape index (κ3) is 3.35. The molecule has 1 heterocycles. The van der Waals surface area contributed by atoms with Crippen LogP contribution in [0.4, 0.5) is 0 Å². The van der Waals surface area contributed by atoms with Gasteiger partial charge >= 0.3 is 0 Å². The number of carbonyl (C=O) groups excluding carboxylic acids is 1. The maximum absolute atomic E-state index is 12.7. The zero-order chi connectivity index (χ0) is 17.3. The molecule has 1 amide bonds. The standard InChI is InChI=1S/C18H25NO4S/c1-13-12-23-14(2)11-19(13)18(20)15-7-9-17(10-8-15)24(21,22)16-5-3-4-6-16/h7-10,13-14,16H,3-6,11-12H2,1-2H3. The molecule has 6 heteroatoms. The summed E-state index contributed by atoms with van der Waals surface area (Å²) in [6.07, 6.45) is 3.46. The summed E-state index contributed by atoms with van der Waals surface area (Å²) in [4.78, 5) is 14.8. The van der Waals surface area contributed by atoms with Gasteiger partial charge in [0.2, 0.25) is 0 Å². The molecule has 2 unspecified atom stereocenters. The zero-order valence-corrected chi connectivity index (χ0v) is 15.1. The second-order valence-electron chi connectivity index (χ2n) is 6.93. The van der Waals surface area contributed by atoms with Gasteiger partial charge in [-0.25, -0.2) is 8.42 Å². The van der Waals surface area contributed by atoms with E-state index in [1.807, 2.05) is 13.8 Å². The molecule has 0 aromatic heterocycles. The van der Waals surface area contributed by atoms with Crippen LogP contribution in [0.1, 0.15) is 49.9 Å². The predicted molar refractivity (Wildman–Crippen MR) is 91.8 cm³/mol. The van der Waals surface area contributed by atoms with Crippen LogP contribution in [0, 0.1) is 0 Å². The second-order valence-corrected chi connectivity index (χ2v) is 9.15. The summed E-state index contributed by atoms with van der Waals surface area (Å²) >= 11 is 0. The average molecular weight is 351 g/mol. The van der Waals surface area contributed by atoms with Gasteiger partial charge in [0, 0.05) is 12.1 Å². The number of hydrogen-bond donors (Lipinski definition) is 0. The van der Waals surface area contributed by atoms with E-state index in [4.69, 9.17) is 4.74 Å². The summed E-state index contributed by atoms with van der Waals surface area (Å²) in [5.74, 6) is -0.0672. The number of benzene rings is 1. The highest BCUT2D eigenvalue weighted by Crippen LogP contribution is 2.29. The summed E-state index contributed by atoms with van der Waals surface area (Å²) in [5, 5.41) is -0.265. The lowest BCUT2D eigenvalue weighted by Gasteiger charge is -2.36. The number of hydrogen-bond acceptors (Lipinski definition) is 4. The average Bonchev–Trinajstić information content (AvgIpc) is 3.12. The van der Waals surface area contributed by atoms with Crippen molar-refractivity contribution in [3.05, 3.63) is 29.8 Å². The number of ether oxygens (including phenoxy) is 1.